The Kier molecular flexibility index (Phi) is 5.06. The van der Waals surface area contributed by atoms with E-state index in [2.05, 4.69) is 30.2 Å². The summed E-state index contributed by atoms with van der Waals surface area (Å²) in [6, 6.07) is 1.73. The Balaban J connectivity index is 1.85. The van der Waals surface area contributed by atoms with Crippen molar-refractivity contribution in [3.05, 3.63) is 66.1 Å². The standard InChI is InChI=1S/C17H13F3N6O/c1-10(13-14(23-6-5-22-13)15-24-3-2-4-25-15)26-16(27)11-7-12(9-21-8-11)17(18,19)20/h2-10H,1H3,(H,26,27). The number of hydrogen-bond acceptors (Lipinski definition) is 6. The van der Waals surface area contributed by atoms with E-state index in [0.717, 1.165) is 12.3 Å². The van der Waals surface area contributed by atoms with Crippen LogP contribution in [0.1, 0.15) is 34.6 Å². The van der Waals surface area contributed by atoms with Crippen molar-refractivity contribution in [3.8, 4) is 11.5 Å². The highest BCUT2D eigenvalue weighted by Gasteiger charge is 2.31. The molecule has 3 heterocycles. The molecule has 0 radical (unpaired) electrons. The molecule has 3 aromatic rings. The summed E-state index contributed by atoms with van der Waals surface area (Å²) in [5.41, 5.74) is -0.455. The second-order valence-corrected chi connectivity index (χ2v) is 5.52. The third kappa shape index (κ3) is 4.22. The van der Waals surface area contributed by atoms with Gasteiger partial charge in [0.2, 0.25) is 0 Å². The minimum absolute atomic E-state index is 0.210. The average molecular weight is 374 g/mol. The molecule has 0 aliphatic carbocycles. The summed E-state index contributed by atoms with van der Waals surface area (Å²) in [6.07, 6.45) is 3.12. The topological polar surface area (TPSA) is 93.6 Å². The minimum atomic E-state index is -4.59. The molecule has 0 spiro atoms. The number of aromatic nitrogens is 5. The maximum atomic E-state index is 12.8. The van der Waals surface area contributed by atoms with Crippen molar-refractivity contribution in [2.75, 3.05) is 0 Å². The number of halogens is 3. The largest absolute Gasteiger partial charge is 0.417 e. The Morgan fingerprint density at radius 1 is 1.04 bits per heavy atom. The van der Waals surface area contributed by atoms with E-state index in [1.165, 1.54) is 12.4 Å². The number of rotatable bonds is 4. The monoisotopic (exact) mass is 374 g/mol. The predicted octanol–water partition coefficient (Wildman–Crippen LogP) is 2.84. The van der Waals surface area contributed by atoms with Crippen molar-refractivity contribution in [1.82, 2.24) is 30.2 Å². The van der Waals surface area contributed by atoms with Crippen LogP contribution in [0.3, 0.4) is 0 Å². The van der Waals surface area contributed by atoms with E-state index in [0.29, 0.717) is 23.4 Å². The number of alkyl halides is 3. The molecule has 10 heteroatoms. The van der Waals surface area contributed by atoms with Crippen LogP contribution in [-0.2, 0) is 6.18 Å². The lowest BCUT2D eigenvalue weighted by atomic mass is 10.1. The maximum Gasteiger partial charge on any atom is 0.417 e. The van der Waals surface area contributed by atoms with Crippen molar-refractivity contribution in [1.29, 1.82) is 0 Å². The molecule has 7 nitrogen and oxygen atoms in total. The molecule has 27 heavy (non-hydrogen) atoms. The number of amides is 1. The molecular formula is C17H13F3N6O. The van der Waals surface area contributed by atoms with Gasteiger partial charge in [-0.05, 0) is 19.1 Å². The van der Waals surface area contributed by atoms with Gasteiger partial charge >= 0.3 is 6.18 Å². The van der Waals surface area contributed by atoms with Crippen molar-refractivity contribution >= 4 is 5.91 Å². The Morgan fingerprint density at radius 2 is 1.74 bits per heavy atom. The fraction of sp³-hybridized carbons (Fsp3) is 0.176. The van der Waals surface area contributed by atoms with Crippen LogP contribution in [0.15, 0.2) is 49.3 Å². The van der Waals surface area contributed by atoms with Gasteiger partial charge in [0, 0.05) is 37.2 Å². The van der Waals surface area contributed by atoms with Crippen LogP contribution >= 0.6 is 0 Å². The molecule has 1 atom stereocenters. The van der Waals surface area contributed by atoms with E-state index in [1.807, 2.05) is 0 Å². The highest BCUT2D eigenvalue weighted by molar-refractivity contribution is 5.94. The third-order valence-electron chi connectivity index (χ3n) is 3.59. The molecule has 0 fully saturated rings. The van der Waals surface area contributed by atoms with Gasteiger partial charge in [-0.2, -0.15) is 13.2 Å². The highest BCUT2D eigenvalue weighted by Crippen LogP contribution is 2.29. The summed E-state index contributed by atoms with van der Waals surface area (Å²) in [6.45, 7) is 1.63. The summed E-state index contributed by atoms with van der Waals surface area (Å²) >= 11 is 0. The van der Waals surface area contributed by atoms with E-state index < -0.39 is 23.7 Å². The molecule has 0 saturated heterocycles. The number of carbonyl (C=O) groups excluding carboxylic acids is 1. The van der Waals surface area contributed by atoms with E-state index >= 15 is 0 Å². The van der Waals surface area contributed by atoms with E-state index in [1.54, 1.807) is 25.4 Å². The Bertz CT molecular complexity index is 949. The number of hydrogen-bond donors (Lipinski definition) is 1. The summed E-state index contributed by atoms with van der Waals surface area (Å²) in [5.74, 6) is -0.394. The van der Waals surface area contributed by atoms with Gasteiger partial charge in [0.25, 0.3) is 5.91 Å². The van der Waals surface area contributed by atoms with Gasteiger partial charge in [0.05, 0.1) is 22.9 Å². The quantitative estimate of drug-likeness (QED) is 0.755. The summed E-state index contributed by atoms with van der Waals surface area (Å²) in [4.78, 5) is 32.5. The number of carbonyl (C=O) groups is 1. The molecule has 1 unspecified atom stereocenters. The molecule has 0 aliphatic rings. The van der Waals surface area contributed by atoms with Crippen molar-refractivity contribution in [2.24, 2.45) is 0 Å². The van der Waals surface area contributed by atoms with Crippen LogP contribution in [0, 0.1) is 0 Å². The molecule has 3 aromatic heterocycles. The zero-order valence-corrected chi connectivity index (χ0v) is 14.0. The number of nitrogens with one attached hydrogen (secondary N) is 1. The Morgan fingerprint density at radius 3 is 2.44 bits per heavy atom. The molecule has 1 amide bonds. The first kappa shape index (κ1) is 18.4. The van der Waals surface area contributed by atoms with Crippen LogP contribution in [0.25, 0.3) is 11.5 Å². The van der Waals surface area contributed by atoms with Gasteiger partial charge in [-0.1, -0.05) is 0 Å². The van der Waals surface area contributed by atoms with E-state index in [9.17, 15) is 18.0 Å². The van der Waals surface area contributed by atoms with Crippen LogP contribution < -0.4 is 5.32 Å². The molecule has 0 aliphatic heterocycles. The fourth-order valence-corrected chi connectivity index (χ4v) is 2.33. The average Bonchev–Trinajstić information content (AvgIpc) is 2.68. The molecule has 1 N–H and O–H groups in total. The molecular weight excluding hydrogens is 361 g/mol. The fourth-order valence-electron chi connectivity index (χ4n) is 2.33. The van der Waals surface area contributed by atoms with Gasteiger partial charge in [0.15, 0.2) is 5.82 Å². The van der Waals surface area contributed by atoms with E-state index in [4.69, 9.17) is 0 Å². The van der Waals surface area contributed by atoms with Crippen molar-refractivity contribution in [3.63, 3.8) is 0 Å². The van der Waals surface area contributed by atoms with Crippen LogP contribution in [0.2, 0.25) is 0 Å². The molecule has 0 aromatic carbocycles. The second-order valence-electron chi connectivity index (χ2n) is 5.52. The molecule has 3 rings (SSSR count). The number of pyridine rings is 1. The van der Waals surface area contributed by atoms with Gasteiger partial charge in [-0.3, -0.25) is 14.8 Å². The van der Waals surface area contributed by atoms with Crippen LogP contribution in [0.4, 0.5) is 13.2 Å². The lowest BCUT2D eigenvalue weighted by Gasteiger charge is -2.16. The molecule has 0 saturated carbocycles. The predicted molar refractivity (Wildman–Crippen MR) is 88.2 cm³/mol. The highest BCUT2D eigenvalue weighted by atomic mass is 19.4. The lowest BCUT2D eigenvalue weighted by Crippen LogP contribution is -2.28. The van der Waals surface area contributed by atoms with Crippen molar-refractivity contribution in [2.45, 2.75) is 19.1 Å². The van der Waals surface area contributed by atoms with Gasteiger partial charge in [-0.15, -0.1) is 0 Å². The summed E-state index contributed by atoms with van der Waals surface area (Å²) in [7, 11) is 0. The smallest absolute Gasteiger partial charge is 0.344 e. The maximum absolute atomic E-state index is 12.8. The first-order valence-electron chi connectivity index (χ1n) is 7.77. The summed E-state index contributed by atoms with van der Waals surface area (Å²) < 4.78 is 38.4. The molecule has 0 bridgehead atoms. The second kappa shape index (κ2) is 7.44. The first-order valence-corrected chi connectivity index (χ1v) is 7.77. The Labute approximate surface area is 151 Å². The summed E-state index contributed by atoms with van der Waals surface area (Å²) in [5, 5.41) is 2.60. The number of nitrogens with zero attached hydrogens (tertiary/aromatic N) is 5. The Hall–Kier alpha value is -3.43. The zero-order chi connectivity index (χ0) is 19.4. The molecule has 138 valence electrons. The normalized spacial score (nSPS) is 12.4. The minimum Gasteiger partial charge on any atom is -0.344 e. The zero-order valence-electron chi connectivity index (χ0n) is 14.0. The van der Waals surface area contributed by atoms with Crippen LogP contribution in [-0.4, -0.2) is 30.8 Å². The SMILES string of the molecule is CC(NC(=O)c1cncc(C(F)(F)F)c1)c1nccnc1-c1ncccn1. The van der Waals surface area contributed by atoms with Gasteiger partial charge < -0.3 is 5.32 Å². The van der Waals surface area contributed by atoms with Gasteiger partial charge in [-0.25, -0.2) is 15.0 Å². The third-order valence-corrected chi connectivity index (χ3v) is 3.59. The van der Waals surface area contributed by atoms with E-state index in [-0.39, 0.29) is 5.56 Å². The van der Waals surface area contributed by atoms with Gasteiger partial charge in [0.1, 0.15) is 5.69 Å². The lowest BCUT2D eigenvalue weighted by molar-refractivity contribution is -0.137. The van der Waals surface area contributed by atoms with Crippen molar-refractivity contribution < 1.29 is 18.0 Å². The first-order chi connectivity index (χ1) is 12.9. The van der Waals surface area contributed by atoms with Crippen LogP contribution in [0.5, 0.6) is 0 Å².